The number of anilines is 1. The number of aromatic amines is 1. The minimum absolute atomic E-state index is 0.157. The van der Waals surface area contributed by atoms with Gasteiger partial charge in [-0.3, -0.25) is 0 Å². The number of nitrogen functional groups attached to an aromatic ring is 1. The molecule has 0 spiro atoms. The molecule has 4 nitrogen and oxygen atoms in total. The molecule has 0 saturated carbocycles. The van der Waals surface area contributed by atoms with Gasteiger partial charge in [0.1, 0.15) is 0 Å². The van der Waals surface area contributed by atoms with Crippen molar-refractivity contribution in [2.75, 3.05) is 18.9 Å². The number of nitrogens with one attached hydrogen (secondary N) is 2. The molecule has 4 heteroatoms. The maximum Gasteiger partial charge on any atom is 0.0556 e. The Morgan fingerprint density at radius 2 is 2.27 bits per heavy atom. The van der Waals surface area contributed by atoms with E-state index in [0.717, 1.165) is 23.1 Å². The molecule has 1 aromatic heterocycles. The highest BCUT2D eigenvalue weighted by atomic mass is 16.3. The first-order valence-electron chi connectivity index (χ1n) is 4.98. The van der Waals surface area contributed by atoms with Crippen LogP contribution >= 0.6 is 0 Å². The number of aliphatic hydroxyl groups is 1. The molecule has 0 radical (unpaired) electrons. The number of aliphatic hydroxyl groups excluding tert-OH is 1. The van der Waals surface area contributed by atoms with E-state index in [0.29, 0.717) is 6.54 Å². The second kappa shape index (κ2) is 4.33. The van der Waals surface area contributed by atoms with E-state index in [-0.39, 0.29) is 6.61 Å². The Morgan fingerprint density at radius 1 is 1.40 bits per heavy atom. The van der Waals surface area contributed by atoms with Crippen LogP contribution in [0.3, 0.4) is 0 Å². The predicted octanol–water partition coefficient (Wildman–Crippen LogP) is 0.832. The van der Waals surface area contributed by atoms with E-state index >= 15 is 0 Å². The Hall–Kier alpha value is -1.52. The fourth-order valence-electron chi connectivity index (χ4n) is 1.64. The van der Waals surface area contributed by atoms with Gasteiger partial charge in [0.05, 0.1) is 6.61 Å². The number of rotatable bonds is 4. The van der Waals surface area contributed by atoms with Crippen molar-refractivity contribution >= 4 is 16.6 Å². The minimum Gasteiger partial charge on any atom is -0.399 e. The fraction of sp³-hybridized carbons (Fsp3) is 0.273. The molecule has 2 rings (SSSR count). The van der Waals surface area contributed by atoms with Crippen LogP contribution in [0.4, 0.5) is 5.69 Å². The van der Waals surface area contributed by atoms with E-state index < -0.39 is 0 Å². The van der Waals surface area contributed by atoms with Gasteiger partial charge in [-0.15, -0.1) is 0 Å². The molecule has 0 fully saturated rings. The summed E-state index contributed by atoms with van der Waals surface area (Å²) in [6.45, 7) is 1.50. The predicted molar refractivity (Wildman–Crippen MR) is 61.5 cm³/mol. The van der Waals surface area contributed by atoms with Crippen molar-refractivity contribution in [2.45, 2.75) is 6.54 Å². The van der Waals surface area contributed by atoms with E-state index in [4.69, 9.17) is 10.8 Å². The molecule has 0 aliphatic heterocycles. The molecule has 0 atom stereocenters. The molecule has 15 heavy (non-hydrogen) atoms. The van der Waals surface area contributed by atoms with Gasteiger partial charge < -0.3 is 21.1 Å². The lowest BCUT2D eigenvalue weighted by Gasteiger charge is -2.01. The summed E-state index contributed by atoms with van der Waals surface area (Å²) in [5.41, 5.74) is 8.76. The van der Waals surface area contributed by atoms with Crippen LogP contribution in [0.15, 0.2) is 24.4 Å². The first kappa shape index (κ1) is 10.0. The zero-order chi connectivity index (χ0) is 10.7. The largest absolute Gasteiger partial charge is 0.399 e. The third kappa shape index (κ3) is 2.11. The lowest BCUT2D eigenvalue weighted by molar-refractivity contribution is 0.292. The Labute approximate surface area is 88.1 Å². The van der Waals surface area contributed by atoms with Crippen LogP contribution in [0.1, 0.15) is 5.56 Å². The summed E-state index contributed by atoms with van der Waals surface area (Å²) in [5, 5.41) is 12.9. The Balaban J connectivity index is 2.23. The molecule has 2 aromatic rings. The van der Waals surface area contributed by atoms with Gasteiger partial charge in [-0.1, -0.05) is 0 Å². The Morgan fingerprint density at radius 3 is 3.07 bits per heavy atom. The molecular weight excluding hydrogens is 190 g/mol. The summed E-state index contributed by atoms with van der Waals surface area (Å²) in [7, 11) is 0. The minimum atomic E-state index is 0.157. The van der Waals surface area contributed by atoms with Gasteiger partial charge in [0.25, 0.3) is 0 Å². The zero-order valence-electron chi connectivity index (χ0n) is 8.46. The Kier molecular flexibility index (Phi) is 2.89. The average molecular weight is 205 g/mol. The summed E-state index contributed by atoms with van der Waals surface area (Å²) in [4.78, 5) is 3.18. The average Bonchev–Trinajstić information content (AvgIpc) is 2.62. The van der Waals surface area contributed by atoms with E-state index in [1.807, 2.05) is 24.4 Å². The summed E-state index contributed by atoms with van der Waals surface area (Å²) < 4.78 is 0. The maximum absolute atomic E-state index is 8.66. The van der Waals surface area contributed by atoms with Gasteiger partial charge >= 0.3 is 0 Å². The van der Waals surface area contributed by atoms with Crippen LogP contribution in [0.2, 0.25) is 0 Å². The third-order valence-corrected chi connectivity index (χ3v) is 2.40. The molecule has 5 N–H and O–H groups in total. The highest BCUT2D eigenvalue weighted by Gasteiger charge is 2.02. The van der Waals surface area contributed by atoms with Gasteiger partial charge in [-0.05, 0) is 23.8 Å². The number of fused-ring (bicyclic) bond motifs is 1. The molecule has 0 aliphatic rings. The molecule has 1 heterocycles. The van der Waals surface area contributed by atoms with Crippen LogP contribution < -0.4 is 11.1 Å². The second-order valence-electron chi connectivity index (χ2n) is 3.52. The smallest absolute Gasteiger partial charge is 0.0556 e. The third-order valence-electron chi connectivity index (χ3n) is 2.40. The molecule has 0 aliphatic carbocycles. The van der Waals surface area contributed by atoms with Crippen molar-refractivity contribution in [1.82, 2.24) is 10.3 Å². The van der Waals surface area contributed by atoms with Crippen LogP contribution in [-0.4, -0.2) is 23.2 Å². The second-order valence-corrected chi connectivity index (χ2v) is 3.52. The number of H-pyrrole nitrogens is 1. The number of nitrogens with two attached hydrogens (primary N) is 1. The van der Waals surface area contributed by atoms with Crippen LogP contribution in [-0.2, 0) is 6.54 Å². The van der Waals surface area contributed by atoms with Crippen molar-refractivity contribution in [1.29, 1.82) is 0 Å². The zero-order valence-corrected chi connectivity index (χ0v) is 8.46. The van der Waals surface area contributed by atoms with Gasteiger partial charge in [-0.2, -0.15) is 0 Å². The maximum atomic E-state index is 8.66. The van der Waals surface area contributed by atoms with E-state index in [2.05, 4.69) is 10.3 Å². The van der Waals surface area contributed by atoms with Gasteiger partial charge in [0, 0.05) is 35.9 Å². The first-order chi connectivity index (χ1) is 7.31. The summed E-state index contributed by atoms with van der Waals surface area (Å²) >= 11 is 0. The molecule has 0 unspecified atom stereocenters. The molecule has 80 valence electrons. The summed E-state index contributed by atoms with van der Waals surface area (Å²) in [6, 6.07) is 5.81. The van der Waals surface area contributed by atoms with Crippen molar-refractivity contribution < 1.29 is 5.11 Å². The van der Waals surface area contributed by atoms with E-state index in [1.54, 1.807) is 0 Å². The molecule has 0 saturated heterocycles. The SMILES string of the molecule is Nc1ccc2[nH]cc(CNCCO)c2c1. The lowest BCUT2D eigenvalue weighted by atomic mass is 10.1. The number of hydrogen-bond acceptors (Lipinski definition) is 3. The molecular formula is C11H15N3O. The fourth-order valence-corrected chi connectivity index (χ4v) is 1.64. The standard InChI is InChI=1S/C11H15N3O/c12-9-1-2-11-10(5-9)8(7-14-11)6-13-3-4-15/h1-2,5,7,13-15H,3-4,6,12H2. The first-order valence-corrected chi connectivity index (χ1v) is 4.98. The number of hydrogen-bond donors (Lipinski definition) is 4. The van der Waals surface area contributed by atoms with E-state index in [9.17, 15) is 0 Å². The van der Waals surface area contributed by atoms with Gasteiger partial charge in [0.2, 0.25) is 0 Å². The van der Waals surface area contributed by atoms with Crippen LogP contribution in [0.5, 0.6) is 0 Å². The number of benzene rings is 1. The highest BCUT2D eigenvalue weighted by Crippen LogP contribution is 2.20. The topological polar surface area (TPSA) is 74.1 Å². The molecule has 0 bridgehead atoms. The van der Waals surface area contributed by atoms with Crippen LogP contribution in [0.25, 0.3) is 10.9 Å². The quantitative estimate of drug-likeness (QED) is 0.441. The Bertz CT molecular complexity index is 450. The van der Waals surface area contributed by atoms with E-state index in [1.165, 1.54) is 5.56 Å². The van der Waals surface area contributed by atoms with Crippen molar-refractivity contribution in [2.24, 2.45) is 0 Å². The summed E-state index contributed by atoms with van der Waals surface area (Å²) in [5.74, 6) is 0. The normalized spacial score (nSPS) is 11.0. The van der Waals surface area contributed by atoms with Crippen molar-refractivity contribution in [3.8, 4) is 0 Å². The van der Waals surface area contributed by atoms with Crippen LogP contribution in [0, 0.1) is 0 Å². The molecule has 1 aromatic carbocycles. The highest BCUT2D eigenvalue weighted by molar-refractivity contribution is 5.86. The number of aromatic nitrogens is 1. The monoisotopic (exact) mass is 205 g/mol. The summed E-state index contributed by atoms with van der Waals surface area (Å²) in [6.07, 6.45) is 1.97. The van der Waals surface area contributed by atoms with Crippen molar-refractivity contribution in [3.05, 3.63) is 30.0 Å². The van der Waals surface area contributed by atoms with Gasteiger partial charge in [0.15, 0.2) is 0 Å². The molecule has 0 amide bonds. The van der Waals surface area contributed by atoms with Crippen molar-refractivity contribution in [3.63, 3.8) is 0 Å². The lowest BCUT2D eigenvalue weighted by Crippen LogP contribution is -2.17. The van der Waals surface area contributed by atoms with Gasteiger partial charge in [-0.25, -0.2) is 0 Å².